The lowest BCUT2D eigenvalue weighted by Crippen LogP contribution is -2.16. The summed E-state index contributed by atoms with van der Waals surface area (Å²) >= 11 is 0. The van der Waals surface area contributed by atoms with Crippen LogP contribution in [0, 0.1) is 5.82 Å². The third-order valence-electron chi connectivity index (χ3n) is 1.75. The molecule has 0 amide bonds. The molecule has 1 aromatic carbocycles. The zero-order valence-corrected chi connectivity index (χ0v) is 6.19. The molecule has 0 spiro atoms. The quantitative estimate of drug-likeness (QED) is 0.594. The Morgan fingerprint density at radius 3 is 2.91 bits per heavy atom. The summed E-state index contributed by atoms with van der Waals surface area (Å²) in [7, 11) is 0. The first kappa shape index (κ1) is 6.46. The van der Waals surface area contributed by atoms with Crippen molar-refractivity contribution in [3.8, 4) is 0 Å². The molecule has 0 bridgehead atoms. The van der Waals surface area contributed by atoms with E-state index in [4.69, 9.17) is 0 Å². The molecule has 2 N–H and O–H groups in total. The minimum absolute atomic E-state index is 0.127. The summed E-state index contributed by atoms with van der Waals surface area (Å²) in [4.78, 5) is 0. The predicted octanol–water partition coefficient (Wildman–Crippen LogP) is 2.01. The first-order valence-electron chi connectivity index (χ1n) is 3.59. The zero-order valence-electron chi connectivity index (χ0n) is 6.19. The number of anilines is 2. The Morgan fingerprint density at radius 2 is 2.18 bits per heavy atom. The molecule has 1 aliphatic heterocycles. The van der Waals surface area contributed by atoms with Gasteiger partial charge in [0.1, 0.15) is 5.82 Å². The predicted molar refractivity (Wildman–Crippen MR) is 43.1 cm³/mol. The molecule has 0 radical (unpaired) electrons. The summed E-state index contributed by atoms with van der Waals surface area (Å²) in [5, 5.41) is 6.07. The van der Waals surface area contributed by atoms with Gasteiger partial charge in [0, 0.05) is 0 Å². The van der Waals surface area contributed by atoms with Gasteiger partial charge in [-0.05, 0) is 19.1 Å². The number of hydrogen-bond donors (Lipinski definition) is 2. The van der Waals surface area contributed by atoms with E-state index in [1.165, 1.54) is 6.07 Å². The molecule has 0 saturated carbocycles. The van der Waals surface area contributed by atoms with Gasteiger partial charge in [-0.25, -0.2) is 4.39 Å². The van der Waals surface area contributed by atoms with Gasteiger partial charge in [0.05, 0.1) is 17.5 Å². The Balaban J connectivity index is 2.49. The highest BCUT2D eigenvalue weighted by Crippen LogP contribution is 2.30. The van der Waals surface area contributed by atoms with Gasteiger partial charge < -0.3 is 10.6 Å². The van der Waals surface area contributed by atoms with Crippen LogP contribution in [0.1, 0.15) is 6.92 Å². The number of fused-ring (bicyclic) bond motifs is 1. The maximum absolute atomic E-state index is 13.0. The van der Waals surface area contributed by atoms with Gasteiger partial charge in [0.2, 0.25) is 0 Å². The van der Waals surface area contributed by atoms with E-state index >= 15 is 0 Å². The van der Waals surface area contributed by atoms with Gasteiger partial charge in [-0.2, -0.15) is 0 Å². The van der Waals surface area contributed by atoms with Crippen LogP contribution in [0.4, 0.5) is 15.8 Å². The first-order valence-corrected chi connectivity index (χ1v) is 3.59. The van der Waals surface area contributed by atoms with Crippen molar-refractivity contribution in [3.63, 3.8) is 0 Å². The highest BCUT2D eigenvalue weighted by Gasteiger charge is 2.17. The van der Waals surface area contributed by atoms with Crippen LogP contribution in [0.25, 0.3) is 0 Å². The average Bonchev–Trinajstić information content (AvgIpc) is 2.31. The van der Waals surface area contributed by atoms with Crippen LogP contribution in [-0.4, -0.2) is 6.17 Å². The molecule has 3 heteroatoms. The number of hydrogen-bond acceptors (Lipinski definition) is 2. The normalized spacial score (nSPS) is 20.4. The second-order valence-electron chi connectivity index (χ2n) is 2.67. The highest BCUT2D eigenvalue weighted by atomic mass is 19.1. The van der Waals surface area contributed by atoms with E-state index in [2.05, 4.69) is 10.6 Å². The summed E-state index contributed by atoms with van der Waals surface area (Å²) in [6.07, 6.45) is 0.127. The molecule has 0 saturated heterocycles. The molecule has 0 aliphatic carbocycles. The lowest BCUT2D eigenvalue weighted by Gasteiger charge is -2.01. The van der Waals surface area contributed by atoms with Crippen LogP contribution in [0.15, 0.2) is 18.2 Å². The van der Waals surface area contributed by atoms with Gasteiger partial charge in [0.15, 0.2) is 0 Å². The van der Waals surface area contributed by atoms with E-state index < -0.39 is 0 Å². The fourth-order valence-electron chi connectivity index (χ4n) is 1.28. The molecule has 0 aromatic heterocycles. The lowest BCUT2D eigenvalue weighted by molar-refractivity contribution is 0.631. The number of rotatable bonds is 0. The molecule has 11 heavy (non-hydrogen) atoms. The lowest BCUT2D eigenvalue weighted by atomic mass is 10.3. The van der Waals surface area contributed by atoms with Crippen LogP contribution in [0.5, 0.6) is 0 Å². The fourth-order valence-corrected chi connectivity index (χ4v) is 1.28. The SMILES string of the molecule is CC1Nc2cccc(F)c2N1. The van der Waals surface area contributed by atoms with Crippen molar-refractivity contribution in [2.75, 3.05) is 10.6 Å². The minimum atomic E-state index is -0.195. The molecule has 2 nitrogen and oxygen atoms in total. The second-order valence-corrected chi connectivity index (χ2v) is 2.67. The van der Waals surface area contributed by atoms with E-state index in [0.29, 0.717) is 5.69 Å². The summed E-state index contributed by atoms with van der Waals surface area (Å²) in [5.74, 6) is -0.195. The van der Waals surface area contributed by atoms with Crippen LogP contribution in [0.3, 0.4) is 0 Å². The van der Waals surface area contributed by atoms with Gasteiger partial charge >= 0.3 is 0 Å². The van der Waals surface area contributed by atoms with Crippen LogP contribution < -0.4 is 10.6 Å². The molecular formula is C8H9FN2. The minimum Gasteiger partial charge on any atom is -0.364 e. The van der Waals surface area contributed by atoms with Gasteiger partial charge in [-0.3, -0.25) is 0 Å². The molecule has 1 aromatic rings. The van der Waals surface area contributed by atoms with Crippen LogP contribution in [0.2, 0.25) is 0 Å². The van der Waals surface area contributed by atoms with Crippen molar-refractivity contribution in [1.82, 2.24) is 0 Å². The molecule has 2 rings (SSSR count). The summed E-state index contributed by atoms with van der Waals surface area (Å²) < 4.78 is 13.0. The third-order valence-corrected chi connectivity index (χ3v) is 1.75. The Labute approximate surface area is 64.4 Å². The summed E-state index contributed by atoms with van der Waals surface area (Å²) in [6, 6.07) is 5.00. The Hall–Kier alpha value is -1.25. The standard InChI is InChI=1S/C8H9FN2/c1-5-10-7-4-2-3-6(9)8(7)11-5/h2-5,10-11H,1H3. The molecule has 1 heterocycles. The van der Waals surface area contributed by atoms with Gasteiger partial charge in [-0.15, -0.1) is 0 Å². The first-order chi connectivity index (χ1) is 5.27. The molecule has 1 unspecified atom stereocenters. The maximum Gasteiger partial charge on any atom is 0.148 e. The van der Waals surface area contributed by atoms with Gasteiger partial charge in [0.25, 0.3) is 0 Å². The van der Waals surface area contributed by atoms with Crippen molar-refractivity contribution < 1.29 is 4.39 Å². The van der Waals surface area contributed by atoms with Crippen molar-refractivity contribution in [3.05, 3.63) is 24.0 Å². The van der Waals surface area contributed by atoms with E-state index in [9.17, 15) is 4.39 Å². The third kappa shape index (κ3) is 0.926. The zero-order chi connectivity index (χ0) is 7.84. The van der Waals surface area contributed by atoms with E-state index in [1.54, 1.807) is 6.07 Å². The number of nitrogens with one attached hydrogen (secondary N) is 2. The second kappa shape index (κ2) is 2.12. The van der Waals surface area contributed by atoms with E-state index in [-0.39, 0.29) is 12.0 Å². The van der Waals surface area contributed by atoms with Crippen LogP contribution >= 0.6 is 0 Å². The summed E-state index contributed by atoms with van der Waals surface area (Å²) in [6.45, 7) is 1.94. The topological polar surface area (TPSA) is 24.1 Å². The van der Waals surface area contributed by atoms with Gasteiger partial charge in [-0.1, -0.05) is 6.07 Å². The fraction of sp³-hybridized carbons (Fsp3) is 0.250. The van der Waals surface area contributed by atoms with Crippen molar-refractivity contribution in [1.29, 1.82) is 0 Å². The van der Waals surface area contributed by atoms with Crippen molar-refractivity contribution in [2.24, 2.45) is 0 Å². The number of para-hydroxylation sites is 1. The van der Waals surface area contributed by atoms with E-state index in [0.717, 1.165) is 5.69 Å². The molecule has 58 valence electrons. The van der Waals surface area contributed by atoms with Crippen LogP contribution in [-0.2, 0) is 0 Å². The number of halogens is 1. The molecule has 1 atom stereocenters. The van der Waals surface area contributed by atoms with Crippen molar-refractivity contribution in [2.45, 2.75) is 13.1 Å². The smallest absolute Gasteiger partial charge is 0.148 e. The molecule has 0 fully saturated rings. The molecular weight excluding hydrogens is 143 g/mol. The number of benzene rings is 1. The Kier molecular flexibility index (Phi) is 1.24. The Morgan fingerprint density at radius 1 is 1.36 bits per heavy atom. The Bertz CT molecular complexity index is 285. The largest absolute Gasteiger partial charge is 0.364 e. The highest BCUT2D eigenvalue weighted by molar-refractivity contribution is 5.74. The van der Waals surface area contributed by atoms with Crippen molar-refractivity contribution >= 4 is 11.4 Å². The maximum atomic E-state index is 13.0. The summed E-state index contributed by atoms with van der Waals surface area (Å²) in [5.41, 5.74) is 1.43. The average molecular weight is 152 g/mol. The molecule has 1 aliphatic rings. The monoisotopic (exact) mass is 152 g/mol. The van der Waals surface area contributed by atoms with E-state index in [1.807, 2.05) is 13.0 Å².